The summed E-state index contributed by atoms with van der Waals surface area (Å²) in [5.41, 5.74) is 0. The van der Waals surface area contributed by atoms with Crippen molar-refractivity contribution in [3.05, 3.63) is 0 Å². The predicted octanol–water partition coefficient (Wildman–Crippen LogP) is 0.507. The number of rotatable bonds is 2. The van der Waals surface area contributed by atoms with Crippen molar-refractivity contribution in [2.24, 2.45) is 0 Å². The van der Waals surface area contributed by atoms with Gasteiger partial charge in [-0.05, 0) is 19.3 Å². The van der Waals surface area contributed by atoms with Gasteiger partial charge in [0.25, 0.3) is 0 Å². The smallest absolute Gasteiger partial charge is 0.404 e. The molecule has 0 aromatic carbocycles. The van der Waals surface area contributed by atoms with Crippen LogP contribution in [0.15, 0.2) is 0 Å². The normalized spacial score (nSPS) is 32.8. The summed E-state index contributed by atoms with van der Waals surface area (Å²) in [6, 6.07) is 0.695. The number of nitrogens with zero attached hydrogens (tertiary/aromatic N) is 1. The van der Waals surface area contributed by atoms with E-state index in [2.05, 4.69) is 10.2 Å². The van der Waals surface area contributed by atoms with Gasteiger partial charge >= 0.3 is 6.09 Å². The van der Waals surface area contributed by atoms with Crippen LogP contribution in [0.5, 0.6) is 0 Å². The molecular formula is C10H18N2O3. The minimum atomic E-state index is -0.900. The maximum absolute atomic E-state index is 10.5. The molecule has 0 radical (unpaired) electrons. The molecule has 2 atom stereocenters. The Morgan fingerprint density at radius 3 is 2.73 bits per heavy atom. The lowest BCUT2D eigenvalue weighted by atomic mass is 10.2. The first-order valence-corrected chi connectivity index (χ1v) is 5.57. The second-order valence-electron chi connectivity index (χ2n) is 4.26. The predicted molar refractivity (Wildman–Crippen MR) is 55.0 cm³/mol. The van der Waals surface area contributed by atoms with Gasteiger partial charge in [-0.2, -0.15) is 0 Å². The minimum absolute atomic E-state index is 0.148. The molecular weight excluding hydrogens is 196 g/mol. The van der Waals surface area contributed by atoms with E-state index in [4.69, 9.17) is 9.84 Å². The molecule has 2 aliphatic rings. The van der Waals surface area contributed by atoms with E-state index in [1.165, 1.54) is 0 Å². The van der Waals surface area contributed by atoms with E-state index in [0.717, 1.165) is 45.6 Å². The Hall–Kier alpha value is -0.810. The molecule has 0 aromatic heterocycles. The van der Waals surface area contributed by atoms with E-state index in [-0.39, 0.29) is 6.04 Å². The van der Waals surface area contributed by atoms with Crippen molar-refractivity contribution < 1.29 is 14.6 Å². The Kier molecular flexibility index (Phi) is 3.43. The maximum Gasteiger partial charge on any atom is 0.404 e. The van der Waals surface area contributed by atoms with Crippen LogP contribution in [0.4, 0.5) is 4.79 Å². The van der Waals surface area contributed by atoms with Crippen LogP contribution in [-0.4, -0.2) is 54.5 Å². The molecule has 2 rings (SSSR count). The molecule has 0 bridgehead atoms. The quantitative estimate of drug-likeness (QED) is 0.703. The van der Waals surface area contributed by atoms with Crippen molar-refractivity contribution >= 4 is 6.09 Å². The molecule has 1 saturated carbocycles. The van der Waals surface area contributed by atoms with E-state index in [0.29, 0.717) is 6.04 Å². The van der Waals surface area contributed by atoms with E-state index < -0.39 is 6.09 Å². The van der Waals surface area contributed by atoms with Gasteiger partial charge in [-0.25, -0.2) is 4.79 Å². The van der Waals surface area contributed by atoms with Crippen molar-refractivity contribution in [2.75, 3.05) is 26.3 Å². The van der Waals surface area contributed by atoms with Crippen molar-refractivity contribution in [2.45, 2.75) is 31.3 Å². The Labute approximate surface area is 89.4 Å². The van der Waals surface area contributed by atoms with Gasteiger partial charge in [0.05, 0.1) is 13.2 Å². The van der Waals surface area contributed by atoms with E-state index in [9.17, 15) is 4.79 Å². The van der Waals surface area contributed by atoms with E-state index in [1.54, 1.807) is 0 Å². The fourth-order valence-corrected chi connectivity index (χ4v) is 2.54. The summed E-state index contributed by atoms with van der Waals surface area (Å²) in [5, 5.41) is 11.2. The molecule has 1 amide bonds. The third kappa shape index (κ3) is 2.82. The van der Waals surface area contributed by atoms with Gasteiger partial charge in [0, 0.05) is 25.2 Å². The third-order valence-corrected chi connectivity index (χ3v) is 3.29. The lowest BCUT2D eigenvalue weighted by Crippen LogP contribution is -2.43. The molecule has 1 heterocycles. The highest BCUT2D eigenvalue weighted by Crippen LogP contribution is 2.24. The highest BCUT2D eigenvalue weighted by Gasteiger charge is 2.30. The molecule has 2 N–H and O–H groups in total. The summed E-state index contributed by atoms with van der Waals surface area (Å²) in [5.74, 6) is 0. The van der Waals surface area contributed by atoms with Crippen LogP contribution in [0.1, 0.15) is 19.3 Å². The van der Waals surface area contributed by atoms with Crippen molar-refractivity contribution in [1.82, 2.24) is 10.2 Å². The minimum Gasteiger partial charge on any atom is -0.465 e. The lowest BCUT2D eigenvalue weighted by molar-refractivity contribution is 0.0176. The Morgan fingerprint density at radius 2 is 2.07 bits per heavy atom. The molecule has 1 saturated heterocycles. The summed E-state index contributed by atoms with van der Waals surface area (Å²) in [7, 11) is 0. The summed E-state index contributed by atoms with van der Waals surface area (Å²) in [4.78, 5) is 12.9. The van der Waals surface area contributed by atoms with Crippen LogP contribution in [-0.2, 0) is 4.74 Å². The van der Waals surface area contributed by atoms with E-state index in [1.807, 2.05) is 0 Å². The van der Waals surface area contributed by atoms with Gasteiger partial charge in [-0.3, -0.25) is 4.90 Å². The van der Waals surface area contributed by atoms with Gasteiger partial charge in [0.15, 0.2) is 0 Å². The number of nitrogens with one attached hydrogen (secondary N) is 1. The van der Waals surface area contributed by atoms with Crippen LogP contribution in [0, 0.1) is 0 Å². The summed E-state index contributed by atoms with van der Waals surface area (Å²) in [6.45, 7) is 3.61. The number of amides is 1. The summed E-state index contributed by atoms with van der Waals surface area (Å²) < 4.78 is 5.30. The zero-order valence-electron chi connectivity index (χ0n) is 8.82. The highest BCUT2D eigenvalue weighted by molar-refractivity contribution is 5.64. The van der Waals surface area contributed by atoms with Gasteiger partial charge in [-0.1, -0.05) is 0 Å². The molecule has 1 aliphatic heterocycles. The first-order chi connectivity index (χ1) is 7.25. The van der Waals surface area contributed by atoms with Gasteiger partial charge in [0.1, 0.15) is 0 Å². The maximum atomic E-state index is 10.5. The van der Waals surface area contributed by atoms with Crippen LogP contribution < -0.4 is 5.32 Å². The number of carbonyl (C=O) groups is 1. The Balaban J connectivity index is 1.78. The van der Waals surface area contributed by atoms with Crippen LogP contribution in [0.2, 0.25) is 0 Å². The average Bonchev–Trinajstić information content (AvgIpc) is 2.67. The van der Waals surface area contributed by atoms with Crippen molar-refractivity contribution in [3.63, 3.8) is 0 Å². The summed E-state index contributed by atoms with van der Waals surface area (Å²) in [6.07, 6.45) is 2.12. The zero-order valence-corrected chi connectivity index (χ0v) is 8.82. The Bertz CT molecular complexity index is 229. The first-order valence-electron chi connectivity index (χ1n) is 5.57. The number of morpholine rings is 1. The number of hydrogen-bond acceptors (Lipinski definition) is 3. The van der Waals surface area contributed by atoms with Crippen molar-refractivity contribution in [3.8, 4) is 0 Å². The van der Waals surface area contributed by atoms with Gasteiger partial charge in [-0.15, -0.1) is 0 Å². The second-order valence-corrected chi connectivity index (χ2v) is 4.26. The SMILES string of the molecule is O=C(O)NC1CC[C@H](N2CCOCC2)C1. The molecule has 15 heavy (non-hydrogen) atoms. The fraction of sp³-hybridized carbons (Fsp3) is 0.900. The molecule has 5 heteroatoms. The standard InChI is InChI=1S/C10H18N2O3/c13-10(14)11-8-1-2-9(7-8)12-3-5-15-6-4-12/h8-9,11H,1-7H2,(H,13,14)/t8?,9-/m0/s1. The lowest BCUT2D eigenvalue weighted by Gasteiger charge is -2.32. The molecule has 5 nitrogen and oxygen atoms in total. The topological polar surface area (TPSA) is 61.8 Å². The molecule has 2 fully saturated rings. The molecule has 86 valence electrons. The first kappa shape index (κ1) is 10.7. The van der Waals surface area contributed by atoms with Crippen LogP contribution >= 0.6 is 0 Å². The third-order valence-electron chi connectivity index (χ3n) is 3.29. The highest BCUT2D eigenvalue weighted by atomic mass is 16.5. The van der Waals surface area contributed by atoms with Crippen LogP contribution in [0.3, 0.4) is 0 Å². The molecule has 0 aromatic rings. The zero-order chi connectivity index (χ0) is 10.7. The van der Waals surface area contributed by atoms with Crippen LogP contribution in [0.25, 0.3) is 0 Å². The largest absolute Gasteiger partial charge is 0.465 e. The van der Waals surface area contributed by atoms with Crippen molar-refractivity contribution in [1.29, 1.82) is 0 Å². The summed E-state index contributed by atoms with van der Waals surface area (Å²) >= 11 is 0. The fourth-order valence-electron chi connectivity index (χ4n) is 2.54. The van der Waals surface area contributed by atoms with E-state index >= 15 is 0 Å². The second kappa shape index (κ2) is 4.81. The number of hydrogen-bond donors (Lipinski definition) is 2. The molecule has 1 unspecified atom stereocenters. The van der Waals surface area contributed by atoms with Gasteiger partial charge in [0.2, 0.25) is 0 Å². The Morgan fingerprint density at radius 1 is 1.33 bits per heavy atom. The molecule has 1 aliphatic carbocycles. The average molecular weight is 214 g/mol. The molecule has 0 spiro atoms. The number of ether oxygens (including phenoxy) is 1. The monoisotopic (exact) mass is 214 g/mol. The van der Waals surface area contributed by atoms with Gasteiger partial charge < -0.3 is 15.2 Å². The number of carboxylic acid groups (broad SMARTS) is 1.